The molecule has 0 unspecified atom stereocenters. The van der Waals surface area contributed by atoms with Crippen molar-refractivity contribution < 1.29 is 14.3 Å². The van der Waals surface area contributed by atoms with Gasteiger partial charge in [0, 0.05) is 0 Å². The fourth-order valence-electron chi connectivity index (χ4n) is 1.35. The van der Waals surface area contributed by atoms with Gasteiger partial charge in [-0.15, -0.1) is 0 Å². The molecular formula is C9H15NO3. The fourth-order valence-corrected chi connectivity index (χ4v) is 1.35. The van der Waals surface area contributed by atoms with Crippen molar-refractivity contribution in [1.29, 1.82) is 0 Å². The van der Waals surface area contributed by atoms with Crippen LogP contribution in [0.3, 0.4) is 0 Å². The number of nitrogens with one attached hydrogen (secondary N) is 1. The Morgan fingerprint density at radius 1 is 1.62 bits per heavy atom. The second kappa shape index (κ2) is 4.37. The summed E-state index contributed by atoms with van der Waals surface area (Å²) in [4.78, 5) is 21.6. The second-order valence-electron chi connectivity index (χ2n) is 3.29. The first kappa shape index (κ1) is 10.2. The summed E-state index contributed by atoms with van der Waals surface area (Å²) < 4.78 is 4.73. The highest BCUT2D eigenvalue weighted by atomic mass is 16.5. The van der Waals surface area contributed by atoms with E-state index in [1.165, 1.54) is 0 Å². The molecule has 0 atom stereocenters. The molecule has 0 radical (unpaired) electrons. The topological polar surface area (TPSA) is 55.4 Å². The molecule has 0 aliphatic heterocycles. The van der Waals surface area contributed by atoms with Gasteiger partial charge in [-0.3, -0.25) is 10.1 Å². The highest BCUT2D eigenvalue weighted by molar-refractivity contribution is 5.73. The summed E-state index contributed by atoms with van der Waals surface area (Å²) in [6.07, 6.45) is 3.61. The number of rotatable bonds is 5. The van der Waals surface area contributed by atoms with Gasteiger partial charge in [0.2, 0.25) is 0 Å². The first-order valence-electron chi connectivity index (χ1n) is 4.59. The number of esters is 1. The Kier molecular flexibility index (Phi) is 3.42. The van der Waals surface area contributed by atoms with Gasteiger partial charge >= 0.3 is 5.97 Å². The zero-order valence-electron chi connectivity index (χ0n) is 7.84. The lowest BCUT2D eigenvalue weighted by molar-refractivity contribution is -0.142. The molecule has 1 N–H and O–H groups in total. The first-order valence-corrected chi connectivity index (χ1v) is 4.59. The maximum atomic E-state index is 10.9. The van der Waals surface area contributed by atoms with Crippen molar-refractivity contribution in [3.8, 4) is 0 Å². The molecule has 0 heterocycles. The minimum atomic E-state index is -0.438. The minimum Gasteiger partial charge on any atom is -0.465 e. The number of hydrogen-bond acceptors (Lipinski definition) is 4. The summed E-state index contributed by atoms with van der Waals surface area (Å²) in [6.45, 7) is 2.28. The molecule has 1 aliphatic carbocycles. The maximum absolute atomic E-state index is 10.9. The standard InChI is InChI=1S/C9H15NO3/c1-2-13-8(12)6-10-9(7-11)4-3-5-9/h7,10H,2-6H2,1H3. The van der Waals surface area contributed by atoms with Gasteiger partial charge < -0.3 is 9.53 Å². The lowest BCUT2D eigenvalue weighted by atomic mass is 9.78. The van der Waals surface area contributed by atoms with Crippen molar-refractivity contribution in [1.82, 2.24) is 5.32 Å². The average molecular weight is 185 g/mol. The van der Waals surface area contributed by atoms with Gasteiger partial charge in [-0.05, 0) is 26.2 Å². The van der Waals surface area contributed by atoms with E-state index in [0.717, 1.165) is 25.5 Å². The zero-order valence-corrected chi connectivity index (χ0v) is 7.84. The minimum absolute atomic E-state index is 0.132. The highest BCUT2D eigenvalue weighted by Crippen LogP contribution is 2.29. The van der Waals surface area contributed by atoms with Crippen LogP contribution in [0.2, 0.25) is 0 Å². The van der Waals surface area contributed by atoms with Crippen LogP contribution in [0.5, 0.6) is 0 Å². The number of hydrogen-bond donors (Lipinski definition) is 1. The normalized spacial score (nSPS) is 18.8. The molecular weight excluding hydrogens is 170 g/mol. The van der Waals surface area contributed by atoms with Gasteiger partial charge in [0.1, 0.15) is 6.29 Å². The van der Waals surface area contributed by atoms with Crippen molar-refractivity contribution in [2.24, 2.45) is 0 Å². The Labute approximate surface area is 77.6 Å². The van der Waals surface area contributed by atoms with Crippen molar-refractivity contribution in [3.63, 3.8) is 0 Å². The number of ether oxygens (including phenoxy) is 1. The number of carbonyl (C=O) groups is 2. The molecule has 0 saturated heterocycles. The van der Waals surface area contributed by atoms with E-state index in [9.17, 15) is 9.59 Å². The van der Waals surface area contributed by atoms with Gasteiger partial charge in [-0.2, -0.15) is 0 Å². The first-order chi connectivity index (χ1) is 6.22. The van der Waals surface area contributed by atoms with Crippen LogP contribution in [0.15, 0.2) is 0 Å². The maximum Gasteiger partial charge on any atom is 0.319 e. The Hall–Kier alpha value is -0.900. The zero-order chi connectivity index (χ0) is 9.73. The SMILES string of the molecule is CCOC(=O)CNC1(C=O)CCC1. The van der Waals surface area contributed by atoms with Crippen molar-refractivity contribution >= 4 is 12.3 Å². The van der Waals surface area contributed by atoms with E-state index in [1.807, 2.05) is 0 Å². The summed E-state index contributed by atoms with van der Waals surface area (Å²) in [6, 6.07) is 0. The smallest absolute Gasteiger partial charge is 0.319 e. The van der Waals surface area contributed by atoms with Crippen LogP contribution in [0.25, 0.3) is 0 Å². The molecule has 1 rings (SSSR count). The lowest BCUT2D eigenvalue weighted by Gasteiger charge is -2.37. The Morgan fingerprint density at radius 3 is 2.69 bits per heavy atom. The third-order valence-corrected chi connectivity index (χ3v) is 2.36. The third kappa shape index (κ3) is 2.52. The van der Waals surface area contributed by atoms with Crippen LogP contribution in [0.4, 0.5) is 0 Å². The van der Waals surface area contributed by atoms with E-state index in [1.54, 1.807) is 6.92 Å². The second-order valence-corrected chi connectivity index (χ2v) is 3.29. The number of carbonyl (C=O) groups excluding carboxylic acids is 2. The Balaban J connectivity index is 2.24. The Bertz CT molecular complexity index is 199. The van der Waals surface area contributed by atoms with Gasteiger partial charge in [0.25, 0.3) is 0 Å². The molecule has 4 nitrogen and oxygen atoms in total. The quantitative estimate of drug-likeness (QED) is 0.493. The molecule has 0 aromatic heterocycles. The average Bonchev–Trinajstić information content (AvgIpc) is 2.04. The summed E-state index contributed by atoms with van der Waals surface area (Å²) in [5, 5.41) is 2.92. The van der Waals surface area contributed by atoms with Crippen LogP contribution in [0, 0.1) is 0 Å². The van der Waals surface area contributed by atoms with Crippen LogP contribution >= 0.6 is 0 Å². The summed E-state index contributed by atoms with van der Waals surface area (Å²) in [5.74, 6) is -0.296. The fraction of sp³-hybridized carbons (Fsp3) is 0.778. The lowest BCUT2D eigenvalue weighted by Crippen LogP contribution is -2.54. The van der Waals surface area contributed by atoms with Crippen molar-refractivity contribution in [2.75, 3.05) is 13.2 Å². The predicted octanol–water partition coefficient (Wildman–Crippen LogP) is 0.261. The van der Waals surface area contributed by atoms with Crippen molar-refractivity contribution in [2.45, 2.75) is 31.7 Å². The Morgan fingerprint density at radius 2 is 2.31 bits per heavy atom. The van der Waals surface area contributed by atoms with Gasteiger partial charge in [-0.1, -0.05) is 0 Å². The van der Waals surface area contributed by atoms with E-state index in [4.69, 9.17) is 4.74 Å². The number of aldehydes is 1. The molecule has 0 aromatic rings. The van der Waals surface area contributed by atoms with Crippen LogP contribution in [-0.4, -0.2) is 30.9 Å². The van der Waals surface area contributed by atoms with Gasteiger partial charge in [0.15, 0.2) is 0 Å². The summed E-state index contributed by atoms with van der Waals surface area (Å²) in [7, 11) is 0. The van der Waals surface area contributed by atoms with Crippen molar-refractivity contribution in [3.05, 3.63) is 0 Å². The van der Waals surface area contributed by atoms with E-state index in [0.29, 0.717) is 6.61 Å². The predicted molar refractivity (Wildman–Crippen MR) is 47.3 cm³/mol. The van der Waals surface area contributed by atoms with E-state index >= 15 is 0 Å². The molecule has 1 saturated carbocycles. The van der Waals surface area contributed by atoms with E-state index in [-0.39, 0.29) is 12.5 Å². The largest absolute Gasteiger partial charge is 0.465 e. The van der Waals surface area contributed by atoms with E-state index in [2.05, 4.69) is 5.32 Å². The van der Waals surface area contributed by atoms with Gasteiger partial charge in [-0.25, -0.2) is 0 Å². The van der Waals surface area contributed by atoms with E-state index < -0.39 is 5.54 Å². The molecule has 1 aliphatic rings. The molecule has 13 heavy (non-hydrogen) atoms. The third-order valence-electron chi connectivity index (χ3n) is 2.36. The van der Waals surface area contributed by atoms with Crippen LogP contribution in [-0.2, 0) is 14.3 Å². The summed E-state index contributed by atoms with van der Waals surface area (Å²) in [5.41, 5.74) is -0.438. The molecule has 4 heteroatoms. The molecule has 0 amide bonds. The molecule has 1 fully saturated rings. The van der Waals surface area contributed by atoms with Crippen LogP contribution < -0.4 is 5.32 Å². The summed E-state index contributed by atoms with van der Waals surface area (Å²) >= 11 is 0. The highest BCUT2D eigenvalue weighted by Gasteiger charge is 2.36. The monoisotopic (exact) mass is 185 g/mol. The van der Waals surface area contributed by atoms with Crippen LogP contribution in [0.1, 0.15) is 26.2 Å². The van der Waals surface area contributed by atoms with Gasteiger partial charge in [0.05, 0.1) is 18.7 Å². The molecule has 0 aromatic carbocycles. The molecule has 0 bridgehead atoms. The molecule has 0 spiro atoms. The molecule has 74 valence electrons.